The molecule has 0 aromatic heterocycles. The average molecular weight is 266 g/mol. The van der Waals surface area contributed by atoms with Crippen molar-refractivity contribution in [2.24, 2.45) is 0 Å². The molecule has 104 valence electrons. The number of nitrogens with two attached hydrogens (primary N) is 1. The summed E-state index contributed by atoms with van der Waals surface area (Å²) in [6.07, 6.45) is 2.98. The Labute approximate surface area is 112 Å². The van der Waals surface area contributed by atoms with Gasteiger partial charge >= 0.3 is 0 Å². The van der Waals surface area contributed by atoms with Gasteiger partial charge in [0.1, 0.15) is 5.82 Å². The quantitative estimate of drug-likeness (QED) is 0.819. The maximum atomic E-state index is 13.5. The van der Waals surface area contributed by atoms with E-state index >= 15 is 0 Å². The summed E-state index contributed by atoms with van der Waals surface area (Å²) in [5, 5.41) is 2.78. The van der Waals surface area contributed by atoms with Gasteiger partial charge in [-0.2, -0.15) is 0 Å². The molecule has 1 aromatic carbocycles. The number of carbonyl (C=O) groups is 1. The molecule has 1 aromatic rings. The first-order valence-corrected chi connectivity index (χ1v) is 6.36. The summed E-state index contributed by atoms with van der Waals surface area (Å²) in [4.78, 5) is 12.0. The van der Waals surface area contributed by atoms with Gasteiger partial charge < -0.3 is 15.8 Å². The van der Waals surface area contributed by atoms with Crippen molar-refractivity contribution in [2.45, 2.75) is 31.8 Å². The van der Waals surface area contributed by atoms with Crippen molar-refractivity contribution in [3.8, 4) is 0 Å². The zero-order valence-corrected chi connectivity index (χ0v) is 11.3. The standard InChI is InChI=1S/C14H19FN2O2/c1-9-11(15)6-10(7-12(9)16)13(18)17-8-14(19-2)4-3-5-14/h6-7H,3-5,8,16H2,1-2H3,(H,17,18). The highest BCUT2D eigenvalue weighted by molar-refractivity contribution is 5.95. The number of rotatable bonds is 4. The molecule has 1 fully saturated rings. The monoisotopic (exact) mass is 266 g/mol. The zero-order chi connectivity index (χ0) is 14.0. The van der Waals surface area contributed by atoms with Crippen LogP contribution in [0.5, 0.6) is 0 Å². The highest BCUT2D eigenvalue weighted by Gasteiger charge is 2.37. The fourth-order valence-corrected chi connectivity index (χ4v) is 2.20. The molecule has 1 aliphatic rings. The van der Waals surface area contributed by atoms with E-state index in [4.69, 9.17) is 10.5 Å². The third-order valence-electron chi connectivity index (χ3n) is 3.92. The molecular weight excluding hydrogens is 247 g/mol. The van der Waals surface area contributed by atoms with E-state index < -0.39 is 5.82 Å². The number of nitrogen functional groups attached to an aromatic ring is 1. The van der Waals surface area contributed by atoms with Crippen LogP contribution in [0.1, 0.15) is 35.2 Å². The zero-order valence-electron chi connectivity index (χ0n) is 11.3. The Morgan fingerprint density at radius 2 is 2.21 bits per heavy atom. The number of ether oxygens (including phenoxy) is 1. The summed E-state index contributed by atoms with van der Waals surface area (Å²) < 4.78 is 18.9. The van der Waals surface area contributed by atoms with Gasteiger partial charge in [-0.05, 0) is 38.3 Å². The van der Waals surface area contributed by atoms with Crippen LogP contribution in [0, 0.1) is 12.7 Å². The molecule has 0 aliphatic heterocycles. The SMILES string of the molecule is COC1(CNC(=O)c2cc(N)c(C)c(F)c2)CCC1. The molecule has 4 nitrogen and oxygen atoms in total. The average Bonchev–Trinajstić information content (AvgIpc) is 2.34. The van der Waals surface area contributed by atoms with Gasteiger partial charge in [-0.15, -0.1) is 0 Å². The number of hydrogen-bond donors (Lipinski definition) is 2. The van der Waals surface area contributed by atoms with Crippen molar-refractivity contribution in [2.75, 3.05) is 19.4 Å². The van der Waals surface area contributed by atoms with Crippen LogP contribution in [-0.2, 0) is 4.74 Å². The van der Waals surface area contributed by atoms with Gasteiger partial charge in [0.15, 0.2) is 0 Å². The van der Waals surface area contributed by atoms with E-state index in [1.54, 1.807) is 14.0 Å². The molecule has 0 atom stereocenters. The van der Waals surface area contributed by atoms with Crippen LogP contribution < -0.4 is 11.1 Å². The smallest absolute Gasteiger partial charge is 0.251 e. The van der Waals surface area contributed by atoms with E-state index in [2.05, 4.69) is 5.32 Å². The molecule has 5 heteroatoms. The number of halogens is 1. The molecule has 0 heterocycles. The molecule has 1 aliphatic carbocycles. The maximum absolute atomic E-state index is 13.5. The second kappa shape index (κ2) is 5.17. The molecule has 3 N–H and O–H groups in total. The number of hydrogen-bond acceptors (Lipinski definition) is 3. The van der Waals surface area contributed by atoms with Gasteiger partial charge in [0, 0.05) is 30.5 Å². The lowest BCUT2D eigenvalue weighted by molar-refractivity contribution is -0.0679. The maximum Gasteiger partial charge on any atom is 0.251 e. The predicted octanol–water partition coefficient (Wildman–Crippen LogP) is 2.02. The number of anilines is 1. The fraction of sp³-hybridized carbons (Fsp3) is 0.500. The van der Waals surface area contributed by atoms with Gasteiger partial charge in [-0.1, -0.05) is 0 Å². The minimum Gasteiger partial charge on any atom is -0.398 e. The van der Waals surface area contributed by atoms with E-state index in [1.165, 1.54) is 12.1 Å². The summed E-state index contributed by atoms with van der Waals surface area (Å²) in [6.45, 7) is 2.03. The van der Waals surface area contributed by atoms with Gasteiger partial charge in [-0.25, -0.2) is 4.39 Å². The van der Waals surface area contributed by atoms with Crippen LogP contribution in [0.3, 0.4) is 0 Å². The van der Waals surface area contributed by atoms with Crippen LogP contribution in [0.25, 0.3) is 0 Å². The minimum atomic E-state index is -0.463. The van der Waals surface area contributed by atoms with Crippen molar-refractivity contribution >= 4 is 11.6 Å². The Balaban J connectivity index is 2.04. The molecule has 0 saturated heterocycles. The summed E-state index contributed by atoms with van der Waals surface area (Å²) in [5.41, 5.74) is 6.31. The highest BCUT2D eigenvalue weighted by atomic mass is 19.1. The Kier molecular flexibility index (Phi) is 3.75. The van der Waals surface area contributed by atoms with Crippen molar-refractivity contribution < 1.29 is 13.9 Å². The first-order chi connectivity index (χ1) is 8.97. The number of benzene rings is 1. The first kappa shape index (κ1) is 13.8. The molecule has 19 heavy (non-hydrogen) atoms. The molecule has 0 unspecified atom stereocenters. The Morgan fingerprint density at radius 3 is 2.68 bits per heavy atom. The number of nitrogens with one attached hydrogen (secondary N) is 1. The highest BCUT2D eigenvalue weighted by Crippen LogP contribution is 2.34. The van der Waals surface area contributed by atoms with E-state index in [1.807, 2.05) is 0 Å². The third-order valence-corrected chi connectivity index (χ3v) is 3.92. The summed E-state index contributed by atoms with van der Waals surface area (Å²) in [6, 6.07) is 2.70. The Hall–Kier alpha value is -1.62. The van der Waals surface area contributed by atoms with Crippen LogP contribution in [-0.4, -0.2) is 25.2 Å². The summed E-state index contributed by atoms with van der Waals surface area (Å²) >= 11 is 0. The fourth-order valence-electron chi connectivity index (χ4n) is 2.20. The number of carbonyl (C=O) groups excluding carboxylic acids is 1. The van der Waals surface area contributed by atoms with Crippen LogP contribution >= 0.6 is 0 Å². The lowest BCUT2D eigenvalue weighted by Gasteiger charge is -2.40. The number of methoxy groups -OCH3 is 1. The lowest BCUT2D eigenvalue weighted by atomic mass is 9.80. The lowest BCUT2D eigenvalue weighted by Crippen LogP contribution is -2.49. The van der Waals surface area contributed by atoms with Gasteiger partial charge in [0.2, 0.25) is 0 Å². The van der Waals surface area contributed by atoms with E-state index in [-0.39, 0.29) is 22.8 Å². The van der Waals surface area contributed by atoms with Gasteiger partial charge in [-0.3, -0.25) is 4.79 Å². The number of amides is 1. The van der Waals surface area contributed by atoms with Gasteiger partial charge in [0.05, 0.1) is 5.60 Å². The Bertz CT molecular complexity index is 470. The van der Waals surface area contributed by atoms with Crippen molar-refractivity contribution in [1.82, 2.24) is 5.32 Å². The van der Waals surface area contributed by atoms with E-state index in [0.29, 0.717) is 12.1 Å². The summed E-state index contributed by atoms with van der Waals surface area (Å²) in [5.74, 6) is -0.788. The molecule has 0 bridgehead atoms. The summed E-state index contributed by atoms with van der Waals surface area (Å²) in [7, 11) is 1.65. The molecule has 2 rings (SSSR count). The van der Waals surface area contributed by atoms with Crippen LogP contribution in [0.15, 0.2) is 12.1 Å². The van der Waals surface area contributed by atoms with E-state index in [0.717, 1.165) is 19.3 Å². The third kappa shape index (κ3) is 2.71. The topological polar surface area (TPSA) is 64.3 Å². The van der Waals surface area contributed by atoms with Gasteiger partial charge in [0.25, 0.3) is 5.91 Å². The van der Waals surface area contributed by atoms with Crippen LogP contribution in [0.4, 0.5) is 10.1 Å². The minimum absolute atomic E-state index is 0.242. The predicted molar refractivity (Wildman–Crippen MR) is 71.5 cm³/mol. The molecule has 0 radical (unpaired) electrons. The second-order valence-electron chi connectivity index (χ2n) is 5.10. The van der Waals surface area contributed by atoms with Crippen molar-refractivity contribution in [1.29, 1.82) is 0 Å². The molecule has 1 saturated carbocycles. The first-order valence-electron chi connectivity index (χ1n) is 6.36. The normalized spacial score (nSPS) is 16.8. The van der Waals surface area contributed by atoms with E-state index in [9.17, 15) is 9.18 Å². The van der Waals surface area contributed by atoms with Crippen molar-refractivity contribution in [3.63, 3.8) is 0 Å². The molecule has 1 amide bonds. The molecular formula is C14H19FN2O2. The largest absolute Gasteiger partial charge is 0.398 e. The van der Waals surface area contributed by atoms with Crippen molar-refractivity contribution in [3.05, 3.63) is 29.1 Å². The Morgan fingerprint density at radius 1 is 1.53 bits per heavy atom. The second-order valence-corrected chi connectivity index (χ2v) is 5.10. The molecule has 0 spiro atoms. The van der Waals surface area contributed by atoms with Crippen LogP contribution in [0.2, 0.25) is 0 Å².